The number of aliphatic hydroxyl groups is 1. The van der Waals surface area contributed by atoms with Gasteiger partial charge in [-0.25, -0.2) is 0 Å². The zero-order chi connectivity index (χ0) is 29.5. The molecule has 10 heteroatoms. The molecule has 1 aromatic heterocycles. The minimum absolute atomic E-state index is 0.0564. The number of fused-ring (bicyclic) bond motifs is 3. The predicted octanol–water partition coefficient (Wildman–Crippen LogP) is 6.79. The van der Waals surface area contributed by atoms with Gasteiger partial charge in [0.15, 0.2) is 21.2 Å². The summed E-state index contributed by atoms with van der Waals surface area (Å²) in [6.45, 7) is 0.623. The van der Waals surface area contributed by atoms with Crippen LogP contribution in [0.25, 0.3) is 0 Å². The number of halogens is 4. The van der Waals surface area contributed by atoms with Crippen LogP contribution in [-0.2, 0) is 33.3 Å². The van der Waals surface area contributed by atoms with Gasteiger partial charge in [0, 0.05) is 47.8 Å². The molecule has 3 aliphatic carbocycles. The Labute approximate surface area is 254 Å². The smallest absolute Gasteiger partial charge is 0.417 e. The van der Waals surface area contributed by atoms with Crippen LogP contribution < -0.4 is 10.1 Å². The molecular formula is C32H38F3IN2O4. The lowest BCUT2D eigenvalue weighted by atomic mass is 9.72. The Kier molecular flexibility index (Phi) is 8.77. The average Bonchev–Trinajstić information content (AvgIpc) is 3.53. The fourth-order valence-electron chi connectivity index (χ4n) is 8.11. The van der Waals surface area contributed by atoms with Gasteiger partial charge >= 0.3 is 6.18 Å². The number of nitrogens with one attached hydrogen (secondary N) is 1. The second-order valence-electron chi connectivity index (χ2n) is 12.7. The molecule has 0 amide bonds. The van der Waals surface area contributed by atoms with Crippen LogP contribution in [0, 0.1) is 17.3 Å². The molecule has 6 rings (SSSR count). The van der Waals surface area contributed by atoms with Gasteiger partial charge in [-0.05, 0) is 92.9 Å². The number of hydrogen-bond acceptors (Lipinski definition) is 6. The number of ketones is 1. The molecule has 2 heterocycles. The van der Waals surface area contributed by atoms with Crippen LogP contribution in [0.5, 0.6) is 5.75 Å². The molecule has 0 bridgehead atoms. The van der Waals surface area contributed by atoms with Crippen molar-refractivity contribution in [3.8, 4) is 5.75 Å². The molecule has 2 saturated carbocycles. The summed E-state index contributed by atoms with van der Waals surface area (Å²) in [4.78, 5) is 18.1. The first-order chi connectivity index (χ1) is 20.1. The lowest BCUT2D eigenvalue weighted by molar-refractivity contribution is -0.138. The van der Waals surface area contributed by atoms with Gasteiger partial charge in [0.2, 0.25) is 0 Å². The second-order valence-corrected chi connectivity index (χ2v) is 14.7. The lowest BCUT2D eigenvalue weighted by Gasteiger charge is -2.32. The molecule has 2 aromatic rings. The third kappa shape index (κ3) is 6.18. The largest absolute Gasteiger partial charge is 0.493 e. The number of aryl methyl sites for hydroxylation is 2. The minimum Gasteiger partial charge on any atom is -0.493 e. The fourth-order valence-corrected chi connectivity index (χ4v) is 8.67. The van der Waals surface area contributed by atoms with Crippen LogP contribution >= 0.6 is 21.2 Å². The minimum atomic E-state index is -4.42. The normalized spacial score (nSPS) is 29.3. The van der Waals surface area contributed by atoms with Crippen LogP contribution in [0.1, 0.15) is 91.8 Å². The van der Waals surface area contributed by atoms with Crippen molar-refractivity contribution >= 4 is 27.0 Å². The van der Waals surface area contributed by atoms with Crippen molar-refractivity contribution in [2.75, 3.05) is 6.61 Å². The van der Waals surface area contributed by atoms with E-state index in [1.165, 1.54) is 6.07 Å². The third-order valence-electron chi connectivity index (χ3n) is 10.2. The number of Topliss-reactive ketones (excluding diaryl/α,β-unsaturated/α-hetero) is 1. The van der Waals surface area contributed by atoms with E-state index < -0.39 is 37.0 Å². The number of nitrogens with zero attached hydrogens (tertiary/aromatic N) is 1. The van der Waals surface area contributed by atoms with E-state index >= 15 is 0 Å². The molecule has 2 unspecified atom stereocenters. The molecule has 0 saturated heterocycles. The van der Waals surface area contributed by atoms with Crippen molar-refractivity contribution in [3.63, 3.8) is 0 Å². The molecular weight excluding hydrogens is 660 g/mol. The zero-order valence-corrected chi connectivity index (χ0v) is 25.8. The van der Waals surface area contributed by atoms with Crippen LogP contribution in [0.3, 0.4) is 0 Å². The van der Waals surface area contributed by atoms with Crippen molar-refractivity contribution in [1.82, 2.24) is 10.3 Å². The topological polar surface area (TPSA) is 88.5 Å². The maximum atomic E-state index is 14.0. The van der Waals surface area contributed by atoms with E-state index in [0.29, 0.717) is 56.0 Å². The standard InChI is InChI=1S/C32H38F3IN2O4/c33-32(34,35)23-15-21-12-20(3-6-26(21)37-18-23)14-29(39)31-10-1-2-22(31)16-24(17-31)38-27-9-11-42-28-7-4-19(13-25(27)28)5-8-30(40)36-41/h4,7,13,15,18,20,22,24,27,30,38,40H,1-3,5-6,8-12,14,16-17H2/t20?,22-,24-,27-,30?,31-/m1/s1. The molecule has 0 spiro atoms. The summed E-state index contributed by atoms with van der Waals surface area (Å²) in [5, 5.41) is 13.6. The summed E-state index contributed by atoms with van der Waals surface area (Å²) >= 11 is -1.43. The first-order valence-corrected chi connectivity index (χ1v) is 17.3. The quantitative estimate of drug-likeness (QED) is 0.222. The lowest BCUT2D eigenvalue weighted by Crippen LogP contribution is -2.37. The molecule has 0 radical (unpaired) electrons. The van der Waals surface area contributed by atoms with Gasteiger partial charge < -0.3 is 15.2 Å². The SMILES string of the molecule is O=IC(O)CCc1ccc2c(c1)[C@H](N[C@@H]1C[C@H]3CCC[C@@]3(C(=O)CC3CCc4ncc(C(F)(F)F)cc4C3)C1)CCO2. The van der Waals surface area contributed by atoms with Gasteiger partial charge in [-0.3, -0.25) is 12.8 Å². The highest BCUT2D eigenvalue weighted by molar-refractivity contribution is 14.1. The van der Waals surface area contributed by atoms with Gasteiger partial charge in [-0.2, -0.15) is 13.2 Å². The van der Waals surface area contributed by atoms with Crippen molar-refractivity contribution in [3.05, 3.63) is 58.4 Å². The van der Waals surface area contributed by atoms with Crippen LogP contribution in [0.2, 0.25) is 0 Å². The summed E-state index contributed by atoms with van der Waals surface area (Å²) < 4.78 is 56.1. The van der Waals surface area contributed by atoms with Crippen LogP contribution in [0.15, 0.2) is 30.5 Å². The molecule has 6 atom stereocenters. The number of aliphatic hydroxyl groups excluding tert-OH is 1. The Bertz CT molecular complexity index is 1340. The molecule has 4 aliphatic rings. The van der Waals surface area contributed by atoms with E-state index in [1.54, 1.807) is 0 Å². The highest BCUT2D eigenvalue weighted by Crippen LogP contribution is 2.56. The van der Waals surface area contributed by atoms with Gasteiger partial charge in [0.25, 0.3) is 0 Å². The molecule has 1 aliphatic heterocycles. The van der Waals surface area contributed by atoms with E-state index in [4.69, 9.17) is 4.74 Å². The molecule has 42 heavy (non-hydrogen) atoms. The predicted molar refractivity (Wildman–Crippen MR) is 159 cm³/mol. The maximum absolute atomic E-state index is 14.0. The summed E-state index contributed by atoms with van der Waals surface area (Å²) in [7, 11) is 0. The van der Waals surface area contributed by atoms with E-state index in [1.807, 2.05) is 12.1 Å². The van der Waals surface area contributed by atoms with E-state index in [-0.39, 0.29) is 23.4 Å². The summed E-state index contributed by atoms with van der Waals surface area (Å²) in [5.74, 6) is 1.57. The van der Waals surface area contributed by atoms with Crippen molar-refractivity contribution in [1.29, 1.82) is 0 Å². The first-order valence-electron chi connectivity index (χ1n) is 15.2. The molecule has 228 valence electrons. The van der Waals surface area contributed by atoms with Crippen molar-refractivity contribution < 1.29 is 30.9 Å². The van der Waals surface area contributed by atoms with Gasteiger partial charge in [-0.15, -0.1) is 0 Å². The van der Waals surface area contributed by atoms with Gasteiger partial charge in [-0.1, -0.05) is 18.6 Å². The van der Waals surface area contributed by atoms with Crippen LogP contribution in [0.4, 0.5) is 13.2 Å². The Balaban J connectivity index is 1.12. The Morgan fingerprint density at radius 2 is 2.10 bits per heavy atom. The number of ether oxygens (including phenoxy) is 1. The Morgan fingerprint density at radius 1 is 1.24 bits per heavy atom. The number of alkyl halides is 4. The fraction of sp³-hybridized carbons (Fsp3) is 0.625. The highest BCUT2D eigenvalue weighted by atomic mass is 127. The summed E-state index contributed by atoms with van der Waals surface area (Å²) in [6, 6.07) is 7.70. The summed E-state index contributed by atoms with van der Waals surface area (Å²) in [6.07, 6.45) is 5.58. The number of carbonyl (C=O) groups excluding carboxylic acids is 1. The molecule has 2 N–H and O–H groups in total. The Morgan fingerprint density at radius 3 is 2.90 bits per heavy atom. The van der Waals surface area contributed by atoms with Gasteiger partial charge in [0.05, 0.1) is 12.2 Å². The van der Waals surface area contributed by atoms with Crippen molar-refractivity contribution in [2.24, 2.45) is 17.3 Å². The average molecular weight is 699 g/mol. The Hall–Kier alpha value is -1.92. The number of carbonyl (C=O) groups is 1. The summed E-state index contributed by atoms with van der Waals surface area (Å²) in [5.41, 5.74) is 2.52. The van der Waals surface area contributed by atoms with E-state index in [0.717, 1.165) is 73.7 Å². The number of aromatic nitrogens is 1. The monoisotopic (exact) mass is 698 g/mol. The van der Waals surface area contributed by atoms with Crippen molar-refractivity contribution in [2.45, 2.75) is 99.4 Å². The van der Waals surface area contributed by atoms with E-state index in [2.05, 4.69) is 16.4 Å². The van der Waals surface area contributed by atoms with E-state index in [9.17, 15) is 26.1 Å². The third-order valence-corrected chi connectivity index (χ3v) is 11.4. The molecule has 6 nitrogen and oxygen atoms in total. The number of benzene rings is 1. The number of rotatable bonds is 9. The second kappa shape index (κ2) is 12.2. The van der Waals surface area contributed by atoms with Gasteiger partial charge in [0.1, 0.15) is 15.6 Å². The molecule has 2 fully saturated rings. The first kappa shape index (κ1) is 30.1. The number of pyridine rings is 1. The maximum Gasteiger partial charge on any atom is 0.417 e. The highest BCUT2D eigenvalue weighted by Gasteiger charge is 2.54. The number of hydrogen-bond donors (Lipinski definition) is 2. The molecule has 1 aromatic carbocycles. The van der Waals surface area contributed by atoms with Crippen LogP contribution in [-0.4, -0.2) is 32.6 Å². The zero-order valence-electron chi connectivity index (χ0n) is 23.6.